The molecular formula is C24H55O9PS2Si2. The minimum absolute atomic E-state index is 0.0292. The van der Waals surface area contributed by atoms with Crippen LogP contribution >= 0.6 is 19.3 Å². The van der Waals surface area contributed by atoms with Crippen LogP contribution in [0.25, 0.3) is 0 Å². The Morgan fingerprint density at radius 2 is 1.11 bits per heavy atom. The van der Waals surface area contributed by atoms with Crippen molar-refractivity contribution in [2.24, 2.45) is 17.8 Å². The molecule has 0 fully saturated rings. The first-order valence-corrected chi connectivity index (χ1v) is 22.1. The van der Waals surface area contributed by atoms with Crippen molar-refractivity contribution in [1.82, 2.24) is 0 Å². The highest BCUT2D eigenvalue weighted by Gasteiger charge is 2.35. The Morgan fingerprint density at radius 1 is 0.711 bits per heavy atom. The van der Waals surface area contributed by atoms with Gasteiger partial charge in [-0.1, -0.05) is 20.8 Å². The molecule has 0 rings (SSSR count). The molecule has 0 spiro atoms. The highest BCUT2D eigenvalue weighted by atomic mass is 32.5. The summed E-state index contributed by atoms with van der Waals surface area (Å²) in [5, 5.41) is 18.8. The maximum Gasteiger partial charge on any atom is 0.335 e. The topological polar surface area (TPSA) is 105 Å². The molecule has 0 aromatic heterocycles. The van der Waals surface area contributed by atoms with Crippen molar-refractivity contribution in [3.63, 3.8) is 0 Å². The van der Waals surface area contributed by atoms with Crippen LogP contribution in [0.15, 0.2) is 0 Å². The smallest absolute Gasteiger partial charge is 0.335 e. The van der Waals surface area contributed by atoms with E-state index in [4.69, 9.17) is 43.1 Å². The molecule has 9 nitrogen and oxygen atoms in total. The van der Waals surface area contributed by atoms with Gasteiger partial charge in [-0.05, 0) is 69.4 Å². The summed E-state index contributed by atoms with van der Waals surface area (Å²) in [5.41, 5.74) is 0. The van der Waals surface area contributed by atoms with Crippen LogP contribution in [0.4, 0.5) is 0 Å². The van der Waals surface area contributed by atoms with Crippen molar-refractivity contribution < 1.29 is 41.5 Å². The molecule has 0 aliphatic carbocycles. The molecule has 0 aliphatic heterocycles. The third-order valence-electron chi connectivity index (χ3n) is 5.70. The minimum Gasteiger partial charge on any atom is -0.396 e. The zero-order valence-electron chi connectivity index (χ0n) is 24.7. The van der Waals surface area contributed by atoms with Gasteiger partial charge in [0.15, 0.2) is 0 Å². The van der Waals surface area contributed by atoms with Gasteiger partial charge in [-0.25, -0.2) is 0 Å². The second-order valence-electron chi connectivity index (χ2n) is 10.2. The molecule has 14 heteroatoms. The first-order chi connectivity index (χ1) is 17.9. The van der Waals surface area contributed by atoms with Crippen LogP contribution in [0.1, 0.15) is 47.5 Å². The molecule has 0 aromatic rings. The van der Waals surface area contributed by atoms with Gasteiger partial charge in [0.05, 0.1) is 19.8 Å². The second kappa shape index (κ2) is 21.7. The third kappa shape index (κ3) is 18.5. The maximum atomic E-state index is 9.45. The first kappa shape index (κ1) is 39.1. The number of aliphatic hydroxyl groups excluding tert-OH is 2. The maximum absolute atomic E-state index is 9.45. The fourth-order valence-corrected chi connectivity index (χ4v) is 10.6. The average Bonchev–Trinajstić information content (AvgIpc) is 2.90. The van der Waals surface area contributed by atoms with Gasteiger partial charge in [0.25, 0.3) is 0 Å². The zero-order valence-corrected chi connectivity index (χ0v) is 29.3. The van der Waals surface area contributed by atoms with Gasteiger partial charge in [0, 0.05) is 57.4 Å². The Bertz CT molecular complexity index is 634. The fourth-order valence-electron chi connectivity index (χ4n) is 3.20. The summed E-state index contributed by atoms with van der Waals surface area (Å²) < 4.78 is 42.2. The van der Waals surface area contributed by atoms with Gasteiger partial charge < -0.3 is 41.5 Å². The van der Waals surface area contributed by atoms with Crippen LogP contribution in [-0.2, 0) is 43.1 Å². The van der Waals surface area contributed by atoms with E-state index in [2.05, 4.69) is 32.6 Å². The molecule has 5 atom stereocenters. The Balaban J connectivity index is 4.99. The Kier molecular flexibility index (Phi) is 22.3. The van der Waals surface area contributed by atoms with Crippen molar-refractivity contribution in [1.29, 1.82) is 0 Å². The number of rotatable bonds is 26. The molecule has 0 amide bonds. The SMILES string of the molecule is CCOP(=S)(OCC)OCCC[Si](C)(OCC(C)CO)OCC(C)CO[Si@@](C)(CCCS)OCC(C)CO. The van der Waals surface area contributed by atoms with E-state index in [-0.39, 0.29) is 31.0 Å². The summed E-state index contributed by atoms with van der Waals surface area (Å²) in [5.74, 6) is 1.03. The Hall–Kier alpha value is 1.07. The number of hydrogen-bond acceptors (Lipinski definition) is 11. The van der Waals surface area contributed by atoms with Crippen molar-refractivity contribution in [3.8, 4) is 0 Å². The molecule has 38 heavy (non-hydrogen) atoms. The highest BCUT2D eigenvalue weighted by Crippen LogP contribution is 2.49. The zero-order chi connectivity index (χ0) is 29.1. The van der Waals surface area contributed by atoms with Crippen LogP contribution in [0.2, 0.25) is 25.2 Å². The predicted molar refractivity (Wildman–Crippen MR) is 165 cm³/mol. The van der Waals surface area contributed by atoms with E-state index in [0.29, 0.717) is 58.7 Å². The summed E-state index contributed by atoms with van der Waals surface area (Å²) in [7, 11) is -4.95. The number of thiol groups is 1. The van der Waals surface area contributed by atoms with Crippen LogP contribution in [0.3, 0.4) is 0 Å². The molecule has 0 radical (unpaired) electrons. The largest absolute Gasteiger partial charge is 0.396 e. The van der Waals surface area contributed by atoms with E-state index in [1.165, 1.54) is 0 Å². The van der Waals surface area contributed by atoms with Gasteiger partial charge in [0.1, 0.15) is 0 Å². The highest BCUT2D eigenvalue weighted by molar-refractivity contribution is 8.07. The predicted octanol–water partition coefficient (Wildman–Crippen LogP) is 5.11. The minimum atomic E-state index is -2.73. The van der Waals surface area contributed by atoms with E-state index in [9.17, 15) is 10.2 Å². The van der Waals surface area contributed by atoms with Crippen molar-refractivity contribution >= 4 is 48.3 Å². The van der Waals surface area contributed by atoms with Crippen LogP contribution < -0.4 is 0 Å². The Morgan fingerprint density at radius 3 is 1.47 bits per heavy atom. The van der Waals surface area contributed by atoms with Gasteiger partial charge in [0.2, 0.25) is 0 Å². The molecule has 0 heterocycles. The molecule has 230 valence electrons. The lowest BCUT2D eigenvalue weighted by atomic mass is 10.2. The summed E-state index contributed by atoms with van der Waals surface area (Å²) in [6, 6.07) is 1.57. The average molecular weight is 639 g/mol. The van der Waals surface area contributed by atoms with Crippen molar-refractivity contribution in [2.45, 2.75) is 72.6 Å². The summed E-state index contributed by atoms with van der Waals surface area (Å²) in [6.07, 6.45) is 1.62. The molecular weight excluding hydrogens is 584 g/mol. The fraction of sp³-hybridized carbons (Fsp3) is 1.00. The Labute approximate surface area is 244 Å². The van der Waals surface area contributed by atoms with Gasteiger partial charge >= 0.3 is 23.8 Å². The van der Waals surface area contributed by atoms with Crippen molar-refractivity contribution in [3.05, 3.63) is 0 Å². The molecule has 0 aliphatic rings. The van der Waals surface area contributed by atoms with Gasteiger partial charge in [-0.2, -0.15) is 12.6 Å². The quantitative estimate of drug-likeness (QED) is 0.0512. The first-order valence-electron chi connectivity index (χ1n) is 13.8. The third-order valence-corrected chi connectivity index (χ3v) is 14.2. The van der Waals surface area contributed by atoms with Crippen LogP contribution in [0.5, 0.6) is 0 Å². The molecule has 0 aromatic carbocycles. The monoisotopic (exact) mass is 638 g/mol. The molecule has 0 bridgehead atoms. The van der Waals surface area contributed by atoms with Crippen LogP contribution in [0, 0.1) is 17.8 Å². The summed E-state index contributed by atoms with van der Waals surface area (Å²) in [4.78, 5) is 0. The summed E-state index contributed by atoms with van der Waals surface area (Å²) in [6.45, 7) is 14.5. The molecule has 0 saturated heterocycles. The molecule has 2 N–H and O–H groups in total. The number of aliphatic hydroxyl groups is 2. The van der Waals surface area contributed by atoms with Gasteiger partial charge in [-0.3, -0.25) is 0 Å². The lowest BCUT2D eigenvalue weighted by molar-refractivity contribution is 0.0862. The van der Waals surface area contributed by atoms with E-state index in [1.807, 2.05) is 27.7 Å². The number of hydrogen-bond donors (Lipinski definition) is 3. The summed E-state index contributed by atoms with van der Waals surface area (Å²) >= 11 is 9.79. The van der Waals surface area contributed by atoms with Crippen molar-refractivity contribution in [2.75, 3.05) is 65.2 Å². The second-order valence-corrected chi connectivity index (χ2v) is 20.4. The van der Waals surface area contributed by atoms with Gasteiger partial charge in [-0.15, -0.1) is 0 Å². The van der Waals surface area contributed by atoms with E-state index in [0.717, 1.165) is 18.2 Å². The lowest BCUT2D eigenvalue weighted by Gasteiger charge is -2.32. The van der Waals surface area contributed by atoms with E-state index < -0.39 is 23.8 Å². The van der Waals surface area contributed by atoms with Crippen LogP contribution in [-0.4, -0.2) is 92.5 Å². The van der Waals surface area contributed by atoms with E-state index >= 15 is 0 Å². The standard InChI is InChI=1S/C24H55O9PS2Si2/c1-8-27-34(36,28-9-2)29-12-10-14-37(6,30-18-22(3)16-25)32-20-24(5)21-33-38(7,15-11-13-35)31-19-23(4)17-26/h22-26,35H,8-21H2,1-7H3/t22?,23?,24?,37?,38-/m0/s1. The van der Waals surface area contributed by atoms with E-state index in [1.54, 1.807) is 0 Å². The lowest BCUT2D eigenvalue weighted by Crippen LogP contribution is -2.44. The molecule has 4 unspecified atom stereocenters. The normalized spacial score (nSPS) is 18.1. The molecule has 0 saturated carbocycles.